The molecule has 0 aromatic carbocycles. The van der Waals surface area contributed by atoms with Gasteiger partial charge in [0.25, 0.3) is 0 Å². The van der Waals surface area contributed by atoms with E-state index in [1.54, 1.807) is 0 Å². The fourth-order valence-electron chi connectivity index (χ4n) is 1.03. The lowest BCUT2D eigenvalue weighted by molar-refractivity contribution is -0.119. The van der Waals surface area contributed by atoms with Crippen molar-refractivity contribution in [1.82, 2.24) is 10.6 Å². The summed E-state index contributed by atoms with van der Waals surface area (Å²) in [5.41, 5.74) is 0. The van der Waals surface area contributed by atoms with Gasteiger partial charge in [-0.2, -0.15) is 0 Å². The molecule has 0 radical (unpaired) electrons. The molecule has 2 amide bonds. The predicted molar refractivity (Wildman–Crippen MR) is 82.5 cm³/mol. The third-order valence-electron chi connectivity index (χ3n) is 1.89. The minimum absolute atomic E-state index is 0. The van der Waals surface area contributed by atoms with E-state index in [-0.39, 0.29) is 45.2 Å². The van der Waals surface area contributed by atoms with Crippen molar-refractivity contribution in [1.29, 1.82) is 0 Å². The molecule has 0 atom stereocenters. The number of amides is 2. The highest BCUT2D eigenvalue weighted by Crippen LogP contribution is 1.86. The molecule has 0 saturated heterocycles. The Kier molecular flexibility index (Phi) is 15.3. The van der Waals surface area contributed by atoms with Gasteiger partial charge >= 0.3 is 0 Å². The zero-order valence-electron chi connectivity index (χ0n) is 12.3. The molecule has 12 heteroatoms. The number of nitrogens with one attached hydrogen (secondary N) is 2. The summed E-state index contributed by atoms with van der Waals surface area (Å²) in [4.78, 5) is 20.5. The Labute approximate surface area is 137 Å². The molecule has 0 aliphatic rings. The van der Waals surface area contributed by atoms with E-state index in [0.29, 0.717) is 0 Å². The summed E-state index contributed by atoms with van der Waals surface area (Å²) in [5.74, 6) is -1.30. The topological polar surface area (TPSA) is 173 Å². The molecule has 140 valence electrons. The molecule has 0 bridgehead atoms. The molecule has 2 N–H and O–H groups in total. The Morgan fingerprint density at radius 2 is 1.04 bits per heavy atom. The number of hydrogen-bond acceptors (Lipinski definition) is 8. The molecule has 0 aromatic rings. The van der Waals surface area contributed by atoms with Crippen molar-refractivity contribution in [2.75, 3.05) is 24.6 Å². The van der Waals surface area contributed by atoms with Gasteiger partial charge in [-0.05, 0) is 12.8 Å². The Morgan fingerprint density at radius 1 is 0.783 bits per heavy atom. The van der Waals surface area contributed by atoms with Gasteiger partial charge in [0.2, 0.25) is 11.8 Å². The zero-order valence-corrected chi connectivity index (χ0v) is 14.0. The van der Waals surface area contributed by atoms with E-state index in [9.17, 15) is 35.5 Å². The monoisotopic (exact) mass is 376 g/mol. The smallest absolute Gasteiger partial charge is 0.216 e. The molecule has 23 heavy (non-hydrogen) atoms. The van der Waals surface area contributed by atoms with Crippen LogP contribution in [0, 0.1) is 0 Å². The van der Waals surface area contributed by atoms with Gasteiger partial charge in [-0.15, -0.1) is 0 Å². The predicted octanol–water partition coefficient (Wildman–Crippen LogP) is -1.25. The average molecular weight is 376 g/mol. The second kappa shape index (κ2) is 13.2. The highest BCUT2D eigenvalue weighted by atomic mass is 32.2. The molecule has 0 rings (SSSR count). The van der Waals surface area contributed by atoms with Gasteiger partial charge in [0, 0.05) is 38.4 Å². The number of carbonyl (C=O) groups excluding carboxylic acids is 2. The lowest BCUT2D eigenvalue weighted by Gasteiger charge is -2.05. The van der Waals surface area contributed by atoms with Gasteiger partial charge in [-0.3, -0.25) is 9.59 Å². The van der Waals surface area contributed by atoms with Gasteiger partial charge in [-0.1, -0.05) is 7.43 Å². The highest BCUT2D eigenvalue weighted by molar-refractivity contribution is 7.85. The molecule has 0 aliphatic carbocycles. The first-order chi connectivity index (χ1) is 9.83. The van der Waals surface area contributed by atoms with Crippen LogP contribution in [-0.4, -0.2) is 62.4 Å². The standard InChI is InChI=1S/2C5H11NO4S.CH4/c2*1-5(7)6-3-2-4-11(8,9)10;/h2*2-4H2,1H3,(H,6,7)(H,8,9,10);1H4/p-2. The summed E-state index contributed by atoms with van der Waals surface area (Å²) in [6.07, 6.45) is 0.344. The second-order valence-electron chi connectivity index (χ2n) is 4.20. The maximum atomic E-state index is 10.2. The molecule has 0 fully saturated rings. The summed E-state index contributed by atoms with van der Waals surface area (Å²) in [6.45, 7) is 3.12. The first-order valence-electron chi connectivity index (χ1n) is 6.19. The number of rotatable bonds is 8. The van der Waals surface area contributed by atoms with Crippen molar-refractivity contribution in [3.8, 4) is 0 Å². The van der Waals surface area contributed by atoms with Gasteiger partial charge < -0.3 is 19.7 Å². The Bertz CT molecular complexity index is 492. The average Bonchev–Trinajstić information content (AvgIpc) is 2.28. The van der Waals surface area contributed by atoms with Crippen molar-refractivity contribution < 1.29 is 35.5 Å². The minimum Gasteiger partial charge on any atom is -0.748 e. The third kappa shape index (κ3) is 33.5. The summed E-state index contributed by atoms with van der Waals surface area (Å²) >= 11 is 0. The minimum atomic E-state index is -4.12. The van der Waals surface area contributed by atoms with Gasteiger partial charge in [0.15, 0.2) is 0 Å². The Balaban J connectivity index is -0.000000333. The van der Waals surface area contributed by atoms with Crippen LogP contribution >= 0.6 is 0 Å². The van der Waals surface area contributed by atoms with Crippen molar-refractivity contribution in [3.63, 3.8) is 0 Å². The highest BCUT2D eigenvalue weighted by Gasteiger charge is 1.96. The van der Waals surface area contributed by atoms with Crippen LogP contribution in [0.3, 0.4) is 0 Å². The van der Waals surface area contributed by atoms with Crippen LogP contribution in [0.1, 0.15) is 34.1 Å². The fourth-order valence-corrected chi connectivity index (χ4v) is 2.02. The lowest BCUT2D eigenvalue weighted by Crippen LogP contribution is -2.22. The van der Waals surface area contributed by atoms with E-state index in [1.165, 1.54) is 13.8 Å². The molecule has 10 nitrogen and oxygen atoms in total. The van der Waals surface area contributed by atoms with E-state index >= 15 is 0 Å². The number of hydrogen-bond donors (Lipinski definition) is 2. The van der Waals surface area contributed by atoms with Crippen LogP contribution in [0.2, 0.25) is 0 Å². The van der Waals surface area contributed by atoms with E-state index in [2.05, 4.69) is 10.6 Å². The van der Waals surface area contributed by atoms with Crippen molar-refractivity contribution in [3.05, 3.63) is 0 Å². The molecule has 0 saturated carbocycles. The van der Waals surface area contributed by atoms with Crippen LogP contribution in [0.5, 0.6) is 0 Å². The van der Waals surface area contributed by atoms with Crippen molar-refractivity contribution in [2.24, 2.45) is 0 Å². The van der Waals surface area contributed by atoms with Gasteiger partial charge in [0.05, 0.1) is 20.2 Å². The maximum absolute atomic E-state index is 10.2. The second-order valence-corrected chi connectivity index (χ2v) is 7.24. The summed E-state index contributed by atoms with van der Waals surface area (Å²) in [6, 6.07) is 0. The van der Waals surface area contributed by atoms with Crippen LogP contribution < -0.4 is 10.6 Å². The fraction of sp³-hybridized carbons (Fsp3) is 0.818. The quantitative estimate of drug-likeness (QED) is 0.390. The largest absolute Gasteiger partial charge is 0.748 e. The summed E-state index contributed by atoms with van der Waals surface area (Å²) < 4.78 is 60.0. The first-order valence-corrected chi connectivity index (χ1v) is 9.35. The van der Waals surface area contributed by atoms with Gasteiger partial charge in [-0.25, -0.2) is 16.8 Å². The normalized spacial score (nSPS) is 10.6. The van der Waals surface area contributed by atoms with Crippen molar-refractivity contribution in [2.45, 2.75) is 34.1 Å². The molecular weight excluding hydrogens is 352 g/mol. The van der Waals surface area contributed by atoms with E-state index < -0.39 is 31.7 Å². The van der Waals surface area contributed by atoms with Crippen LogP contribution in [0.4, 0.5) is 0 Å². The van der Waals surface area contributed by atoms with Gasteiger partial charge in [0.1, 0.15) is 0 Å². The zero-order chi connectivity index (χ0) is 17.8. The summed E-state index contributed by atoms with van der Waals surface area (Å²) in [7, 11) is -8.25. The first kappa shape index (κ1) is 26.6. The number of carbonyl (C=O) groups is 2. The van der Waals surface area contributed by atoms with Crippen LogP contribution in [0.15, 0.2) is 0 Å². The SMILES string of the molecule is C.CC(=O)NCCCS(=O)(=O)[O-].CC(=O)NCCCS(=O)(=O)[O-]. The molecule has 0 unspecified atom stereocenters. The molecule has 0 spiro atoms. The molecule has 0 heterocycles. The van der Waals surface area contributed by atoms with E-state index in [0.717, 1.165) is 0 Å². The molecular formula is C11H24N2O8S2-2. The Hall–Kier alpha value is -1.24. The lowest BCUT2D eigenvalue weighted by atomic mass is 10.5. The molecule has 0 aliphatic heterocycles. The van der Waals surface area contributed by atoms with E-state index in [4.69, 9.17) is 0 Å². The Morgan fingerprint density at radius 3 is 1.22 bits per heavy atom. The van der Waals surface area contributed by atoms with Crippen LogP contribution in [0.25, 0.3) is 0 Å². The van der Waals surface area contributed by atoms with Crippen LogP contribution in [-0.2, 0) is 29.8 Å². The maximum Gasteiger partial charge on any atom is 0.216 e. The van der Waals surface area contributed by atoms with Crippen molar-refractivity contribution >= 4 is 32.1 Å². The molecule has 0 aromatic heterocycles. The van der Waals surface area contributed by atoms with E-state index in [1.807, 2.05) is 0 Å². The summed E-state index contributed by atoms with van der Waals surface area (Å²) in [5, 5.41) is 4.75. The third-order valence-corrected chi connectivity index (χ3v) is 3.47.